The molecular formula is C12H17F2NO. The molecule has 0 aliphatic heterocycles. The third-order valence-electron chi connectivity index (χ3n) is 2.57. The zero-order chi connectivity index (χ0) is 12.1. The first kappa shape index (κ1) is 13.1. The van der Waals surface area contributed by atoms with Crippen molar-refractivity contribution >= 4 is 0 Å². The van der Waals surface area contributed by atoms with Crippen LogP contribution in [-0.4, -0.2) is 13.7 Å². The van der Waals surface area contributed by atoms with Crippen LogP contribution in [-0.2, 0) is 4.74 Å². The molecule has 1 rings (SSSR count). The fourth-order valence-electron chi connectivity index (χ4n) is 1.55. The summed E-state index contributed by atoms with van der Waals surface area (Å²) < 4.78 is 31.7. The van der Waals surface area contributed by atoms with E-state index in [4.69, 9.17) is 10.5 Å². The highest BCUT2D eigenvalue weighted by Crippen LogP contribution is 2.23. The maximum atomic E-state index is 13.5. The lowest BCUT2D eigenvalue weighted by Gasteiger charge is -2.13. The van der Waals surface area contributed by atoms with Crippen molar-refractivity contribution in [1.29, 1.82) is 0 Å². The van der Waals surface area contributed by atoms with Gasteiger partial charge in [0.1, 0.15) is 0 Å². The molecule has 0 fully saturated rings. The van der Waals surface area contributed by atoms with Gasteiger partial charge in [-0.05, 0) is 25.3 Å². The van der Waals surface area contributed by atoms with Crippen LogP contribution >= 0.6 is 0 Å². The minimum absolute atomic E-state index is 0.235. The van der Waals surface area contributed by atoms with Gasteiger partial charge >= 0.3 is 0 Å². The summed E-state index contributed by atoms with van der Waals surface area (Å²) in [6.45, 7) is 2.10. The zero-order valence-electron chi connectivity index (χ0n) is 9.59. The first-order valence-electron chi connectivity index (χ1n) is 5.27. The maximum absolute atomic E-state index is 13.5. The number of rotatable bonds is 5. The van der Waals surface area contributed by atoms with Crippen molar-refractivity contribution in [2.45, 2.75) is 25.8 Å². The monoisotopic (exact) mass is 229 g/mol. The number of halogens is 2. The van der Waals surface area contributed by atoms with Gasteiger partial charge in [-0.2, -0.15) is 0 Å². The second-order valence-electron chi connectivity index (χ2n) is 3.84. The van der Waals surface area contributed by atoms with Gasteiger partial charge in [-0.25, -0.2) is 8.78 Å². The Morgan fingerprint density at radius 1 is 1.31 bits per heavy atom. The number of benzene rings is 1. The second kappa shape index (κ2) is 5.92. The van der Waals surface area contributed by atoms with Gasteiger partial charge in [-0.1, -0.05) is 12.1 Å². The topological polar surface area (TPSA) is 35.2 Å². The van der Waals surface area contributed by atoms with Crippen LogP contribution < -0.4 is 5.73 Å². The van der Waals surface area contributed by atoms with Crippen LogP contribution in [0.4, 0.5) is 8.78 Å². The quantitative estimate of drug-likeness (QED) is 0.788. The lowest BCUT2D eigenvalue weighted by atomic mass is 10.0. The van der Waals surface area contributed by atoms with Gasteiger partial charge in [0.25, 0.3) is 0 Å². The number of aryl methyl sites for hydroxylation is 1. The normalized spacial score (nSPS) is 12.8. The van der Waals surface area contributed by atoms with E-state index < -0.39 is 17.7 Å². The van der Waals surface area contributed by atoms with Crippen LogP contribution in [0.3, 0.4) is 0 Å². The predicted octanol–water partition coefficient (Wildman–Crippen LogP) is 2.70. The third kappa shape index (κ3) is 3.00. The smallest absolute Gasteiger partial charge is 0.163 e. The average Bonchev–Trinajstić information content (AvgIpc) is 2.26. The van der Waals surface area contributed by atoms with E-state index in [-0.39, 0.29) is 5.56 Å². The van der Waals surface area contributed by atoms with Crippen LogP contribution in [0.2, 0.25) is 0 Å². The van der Waals surface area contributed by atoms with Gasteiger partial charge in [-0.15, -0.1) is 0 Å². The Labute approximate surface area is 94.4 Å². The number of hydrogen-bond donors (Lipinski definition) is 1. The summed E-state index contributed by atoms with van der Waals surface area (Å²) in [5.41, 5.74) is 6.33. The summed E-state index contributed by atoms with van der Waals surface area (Å²) in [6, 6.07) is 2.61. The lowest BCUT2D eigenvalue weighted by molar-refractivity contribution is 0.190. The number of methoxy groups -OCH3 is 1. The van der Waals surface area contributed by atoms with Crippen LogP contribution in [0.1, 0.15) is 30.0 Å². The Kier molecular flexibility index (Phi) is 4.83. The molecule has 0 bridgehead atoms. The Hall–Kier alpha value is -1.00. The lowest BCUT2D eigenvalue weighted by Crippen LogP contribution is -2.14. The summed E-state index contributed by atoms with van der Waals surface area (Å²) in [4.78, 5) is 0. The minimum Gasteiger partial charge on any atom is -0.385 e. The summed E-state index contributed by atoms with van der Waals surface area (Å²) in [5.74, 6) is -1.63. The summed E-state index contributed by atoms with van der Waals surface area (Å²) in [5, 5.41) is 0. The van der Waals surface area contributed by atoms with Crippen molar-refractivity contribution in [3.63, 3.8) is 0 Å². The van der Waals surface area contributed by atoms with E-state index in [2.05, 4.69) is 0 Å². The van der Waals surface area contributed by atoms with Gasteiger partial charge in [0.2, 0.25) is 0 Å². The molecule has 0 aromatic heterocycles. The van der Waals surface area contributed by atoms with E-state index in [9.17, 15) is 8.78 Å². The van der Waals surface area contributed by atoms with Crippen molar-refractivity contribution < 1.29 is 13.5 Å². The third-order valence-corrected chi connectivity index (χ3v) is 2.57. The summed E-state index contributed by atoms with van der Waals surface area (Å²) >= 11 is 0. The van der Waals surface area contributed by atoms with E-state index in [1.54, 1.807) is 19.2 Å². The zero-order valence-corrected chi connectivity index (χ0v) is 9.59. The molecule has 0 spiro atoms. The van der Waals surface area contributed by atoms with Gasteiger partial charge < -0.3 is 10.5 Å². The SMILES string of the molecule is COCCCC(N)c1ccc(C)c(F)c1F. The number of ether oxygens (including phenoxy) is 1. The molecule has 4 heteroatoms. The summed E-state index contributed by atoms with van der Waals surface area (Å²) in [7, 11) is 1.59. The van der Waals surface area contributed by atoms with Crippen molar-refractivity contribution in [1.82, 2.24) is 0 Å². The van der Waals surface area contributed by atoms with Crippen LogP contribution in [0, 0.1) is 18.6 Å². The summed E-state index contributed by atoms with van der Waals surface area (Å²) in [6.07, 6.45) is 1.31. The molecular weight excluding hydrogens is 212 g/mol. The fourth-order valence-corrected chi connectivity index (χ4v) is 1.55. The number of nitrogens with two attached hydrogens (primary N) is 1. The number of hydrogen-bond acceptors (Lipinski definition) is 2. The van der Waals surface area contributed by atoms with Gasteiger partial charge in [-0.3, -0.25) is 0 Å². The Balaban J connectivity index is 2.76. The molecule has 2 nitrogen and oxygen atoms in total. The molecule has 0 saturated heterocycles. The van der Waals surface area contributed by atoms with E-state index in [1.807, 2.05) is 0 Å². The van der Waals surface area contributed by atoms with Crippen molar-refractivity contribution in [2.75, 3.05) is 13.7 Å². The second-order valence-corrected chi connectivity index (χ2v) is 3.84. The molecule has 90 valence electrons. The standard InChI is InChI=1S/C12H17F2NO/c1-8-5-6-9(12(14)11(8)13)10(15)4-3-7-16-2/h5-6,10H,3-4,7,15H2,1-2H3. The Bertz CT molecular complexity index is 355. The highest BCUT2D eigenvalue weighted by Gasteiger charge is 2.16. The molecule has 0 heterocycles. The van der Waals surface area contributed by atoms with Crippen LogP contribution in [0.5, 0.6) is 0 Å². The highest BCUT2D eigenvalue weighted by atomic mass is 19.2. The van der Waals surface area contributed by atoms with Gasteiger partial charge in [0.05, 0.1) is 0 Å². The van der Waals surface area contributed by atoms with Crippen LogP contribution in [0.25, 0.3) is 0 Å². The fraction of sp³-hybridized carbons (Fsp3) is 0.500. The Morgan fingerprint density at radius 3 is 2.62 bits per heavy atom. The van der Waals surface area contributed by atoms with Crippen LogP contribution in [0.15, 0.2) is 12.1 Å². The molecule has 1 atom stereocenters. The largest absolute Gasteiger partial charge is 0.385 e. The molecule has 2 N–H and O–H groups in total. The average molecular weight is 229 g/mol. The molecule has 0 saturated carbocycles. The Morgan fingerprint density at radius 2 is 2.00 bits per heavy atom. The first-order chi connectivity index (χ1) is 7.57. The first-order valence-corrected chi connectivity index (χ1v) is 5.27. The molecule has 16 heavy (non-hydrogen) atoms. The van der Waals surface area contributed by atoms with Gasteiger partial charge in [0.15, 0.2) is 11.6 Å². The molecule has 0 aliphatic carbocycles. The van der Waals surface area contributed by atoms with Crippen molar-refractivity contribution in [3.05, 3.63) is 34.9 Å². The predicted molar refractivity (Wildman–Crippen MR) is 59.1 cm³/mol. The minimum atomic E-state index is -0.829. The van der Waals surface area contributed by atoms with Crippen molar-refractivity contribution in [2.24, 2.45) is 5.73 Å². The van der Waals surface area contributed by atoms with E-state index in [1.165, 1.54) is 6.92 Å². The molecule has 0 radical (unpaired) electrons. The molecule has 1 aromatic carbocycles. The van der Waals surface area contributed by atoms with E-state index >= 15 is 0 Å². The van der Waals surface area contributed by atoms with E-state index in [0.29, 0.717) is 18.6 Å². The highest BCUT2D eigenvalue weighted by molar-refractivity contribution is 5.27. The molecule has 1 unspecified atom stereocenters. The molecule has 0 amide bonds. The maximum Gasteiger partial charge on any atom is 0.163 e. The van der Waals surface area contributed by atoms with Gasteiger partial charge in [0, 0.05) is 25.3 Å². The molecule has 1 aromatic rings. The van der Waals surface area contributed by atoms with E-state index in [0.717, 1.165) is 6.42 Å². The molecule has 0 aliphatic rings. The van der Waals surface area contributed by atoms with Crippen molar-refractivity contribution in [3.8, 4) is 0 Å².